The van der Waals surface area contributed by atoms with Gasteiger partial charge >= 0.3 is 5.97 Å². The predicted molar refractivity (Wildman–Crippen MR) is 70.8 cm³/mol. The third-order valence-corrected chi connectivity index (χ3v) is 3.72. The van der Waals surface area contributed by atoms with Crippen LogP contribution in [0.4, 0.5) is 0 Å². The molecule has 2 heterocycles. The van der Waals surface area contributed by atoms with Gasteiger partial charge in [0.1, 0.15) is 6.04 Å². The zero-order valence-electron chi connectivity index (χ0n) is 11.8. The first-order valence-corrected chi connectivity index (χ1v) is 7.45. The molecule has 2 rings (SSSR count). The van der Waals surface area contributed by atoms with Gasteiger partial charge in [0.15, 0.2) is 6.29 Å². The second-order valence-corrected chi connectivity index (χ2v) is 5.11. The van der Waals surface area contributed by atoms with Gasteiger partial charge in [-0.3, -0.25) is 9.69 Å². The Morgan fingerprint density at radius 1 is 1.26 bits per heavy atom. The van der Waals surface area contributed by atoms with Crippen molar-refractivity contribution < 1.29 is 19.0 Å². The van der Waals surface area contributed by atoms with E-state index in [9.17, 15) is 4.79 Å². The van der Waals surface area contributed by atoms with Crippen LogP contribution in [0.5, 0.6) is 0 Å². The predicted octanol–water partition coefficient (Wildman–Crippen LogP) is 1.56. The molecule has 0 radical (unpaired) electrons. The summed E-state index contributed by atoms with van der Waals surface area (Å²) in [7, 11) is 0. The van der Waals surface area contributed by atoms with E-state index >= 15 is 0 Å². The highest BCUT2D eigenvalue weighted by atomic mass is 16.7. The maximum atomic E-state index is 11.9. The molecule has 1 atom stereocenters. The van der Waals surface area contributed by atoms with Crippen LogP contribution in [0, 0.1) is 0 Å². The van der Waals surface area contributed by atoms with Crippen molar-refractivity contribution in [2.45, 2.75) is 51.4 Å². The number of carbonyl (C=O) groups excluding carboxylic acids is 1. The van der Waals surface area contributed by atoms with Gasteiger partial charge in [0, 0.05) is 13.0 Å². The summed E-state index contributed by atoms with van der Waals surface area (Å²) in [4.78, 5) is 14.2. The Morgan fingerprint density at radius 3 is 2.79 bits per heavy atom. The van der Waals surface area contributed by atoms with Gasteiger partial charge in [-0.1, -0.05) is 6.42 Å². The number of hydrogen-bond acceptors (Lipinski definition) is 5. The Labute approximate surface area is 115 Å². The quantitative estimate of drug-likeness (QED) is 0.710. The molecule has 2 saturated heterocycles. The van der Waals surface area contributed by atoms with Crippen molar-refractivity contribution >= 4 is 5.97 Å². The van der Waals surface area contributed by atoms with E-state index in [0.717, 1.165) is 58.4 Å². The van der Waals surface area contributed by atoms with E-state index in [1.165, 1.54) is 0 Å². The number of nitrogens with zero attached hydrogens (tertiary/aromatic N) is 1. The number of carbonyl (C=O) groups is 1. The summed E-state index contributed by atoms with van der Waals surface area (Å²) in [5.74, 6) is -0.0762. The Balaban J connectivity index is 1.79. The third-order valence-electron chi connectivity index (χ3n) is 3.72. The fourth-order valence-corrected chi connectivity index (χ4v) is 2.74. The molecule has 2 aliphatic heterocycles. The molecule has 0 aromatic heterocycles. The minimum absolute atomic E-state index is 0.0720. The summed E-state index contributed by atoms with van der Waals surface area (Å²) in [6.07, 6.45) is 4.88. The van der Waals surface area contributed by atoms with Crippen LogP contribution in [0.1, 0.15) is 39.0 Å². The minimum atomic E-state index is -0.0986. The van der Waals surface area contributed by atoms with Crippen molar-refractivity contribution in [3.05, 3.63) is 0 Å². The average Bonchev–Trinajstić information content (AvgIpc) is 2.47. The molecule has 5 nitrogen and oxygen atoms in total. The molecule has 0 aromatic rings. The van der Waals surface area contributed by atoms with Crippen molar-refractivity contribution in [3.63, 3.8) is 0 Å². The van der Waals surface area contributed by atoms with Gasteiger partial charge in [0.05, 0.1) is 19.8 Å². The van der Waals surface area contributed by atoms with Crippen LogP contribution in [-0.2, 0) is 19.0 Å². The monoisotopic (exact) mass is 271 g/mol. The molecule has 2 fully saturated rings. The summed E-state index contributed by atoms with van der Waals surface area (Å²) in [6, 6.07) is -0.0720. The number of hydrogen-bond donors (Lipinski definition) is 0. The van der Waals surface area contributed by atoms with E-state index in [4.69, 9.17) is 14.2 Å². The van der Waals surface area contributed by atoms with E-state index in [1.54, 1.807) is 0 Å². The molecule has 0 aromatic carbocycles. The third kappa shape index (κ3) is 4.44. The fraction of sp³-hybridized carbons (Fsp3) is 0.929. The SMILES string of the molecule is CCOC(=O)C1CCCCN1CCC1OCCCO1. The second kappa shape index (κ2) is 7.82. The molecular formula is C14H25NO4. The van der Waals surface area contributed by atoms with Crippen LogP contribution in [0.2, 0.25) is 0 Å². The van der Waals surface area contributed by atoms with Crippen LogP contribution in [-0.4, -0.2) is 56.1 Å². The van der Waals surface area contributed by atoms with Crippen molar-refractivity contribution in [2.24, 2.45) is 0 Å². The van der Waals surface area contributed by atoms with Gasteiger partial charge in [-0.25, -0.2) is 0 Å². The highest BCUT2D eigenvalue weighted by Crippen LogP contribution is 2.20. The lowest BCUT2D eigenvalue weighted by Crippen LogP contribution is -2.46. The molecule has 0 spiro atoms. The van der Waals surface area contributed by atoms with Crippen LogP contribution in [0.15, 0.2) is 0 Å². The molecule has 0 saturated carbocycles. The maximum Gasteiger partial charge on any atom is 0.323 e. The van der Waals surface area contributed by atoms with Crippen LogP contribution in [0.25, 0.3) is 0 Å². The van der Waals surface area contributed by atoms with Gasteiger partial charge in [0.25, 0.3) is 0 Å². The normalized spacial score (nSPS) is 26.3. The van der Waals surface area contributed by atoms with Crippen LogP contribution in [0.3, 0.4) is 0 Å². The standard InChI is InChI=1S/C14H25NO4/c1-2-17-14(16)12-6-3-4-8-15(12)9-7-13-18-10-5-11-19-13/h12-13H,2-11H2,1H3. The van der Waals surface area contributed by atoms with E-state index in [0.29, 0.717) is 6.61 Å². The summed E-state index contributed by atoms with van der Waals surface area (Å²) in [5, 5.41) is 0. The molecule has 19 heavy (non-hydrogen) atoms. The topological polar surface area (TPSA) is 48.0 Å². The lowest BCUT2D eigenvalue weighted by molar-refractivity contribution is -0.184. The van der Waals surface area contributed by atoms with Gasteiger partial charge in [0.2, 0.25) is 0 Å². The zero-order valence-corrected chi connectivity index (χ0v) is 11.8. The maximum absolute atomic E-state index is 11.9. The molecule has 110 valence electrons. The van der Waals surface area contributed by atoms with Gasteiger partial charge in [-0.2, -0.15) is 0 Å². The first-order valence-electron chi connectivity index (χ1n) is 7.45. The Bertz CT molecular complexity index is 279. The lowest BCUT2D eigenvalue weighted by atomic mass is 10.0. The summed E-state index contributed by atoms with van der Waals surface area (Å²) >= 11 is 0. The van der Waals surface area contributed by atoms with E-state index in [2.05, 4.69) is 4.90 Å². The smallest absolute Gasteiger partial charge is 0.323 e. The zero-order chi connectivity index (χ0) is 13.5. The average molecular weight is 271 g/mol. The number of piperidine rings is 1. The molecule has 0 aliphatic carbocycles. The first kappa shape index (κ1) is 14.8. The number of rotatable bonds is 5. The summed E-state index contributed by atoms with van der Waals surface area (Å²) in [5.41, 5.74) is 0. The van der Waals surface area contributed by atoms with Gasteiger partial charge in [-0.05, 0) is 32.7 Å². The van der Waals surface area contributed by atoms with Crippen LogP contribution < -0.4 is 0 Å². The highest BCUT2D eigenvalue weighted by Gasteiger charge is 2.30. The molecule has 2 aliphatic rings. The number of likely N-dealkylation sites (tertiary alicyclic amines) is 1. The largest absolute Gasteiger partial charge is 0.465 e. The molecule has 5 heteroatoms. The minimum Gasteiger partial charge on any atom is -0.465 e. The van der Waals surface area contributed by atoms with Crippen LogP contribution >= 0.6 is 0 Å². The molecule has 0 amide bonds. The molecule has 0 N–H and O–H groups in total. The van der Waals surface area contributed by atoms with Gasteiger partial charge < -0.3 is 14.2 Å². The van der Waals surface area contributed by atoms with Crippen molar-refractivity contribution in [1.82, 2.24) is 4.90 Å². The Hall–Kier alpha value is -0.650. The molecular weight excluding hydrogens is 246 g/mol. The van der Waals surface area contributed by atoms with Gasteiger partial charge in [-0.15, -0.1) is 0 Å². The second-order valence-electron chi connectivity index (χ2n) is 5.11. The van der Waals surface area contributed by atoms with E-state index < -0.39 is 0 Å². The highest BCUT2D eigenvalue weighted by molar-refractivity contribution is 5.75. The lowest BCUT2D eigenvalue weighted by Gasteiger charge is -2.35. The Kier molecular flexibility index (Phi) is 6.07. The Morgan fingerprint density at radius 2 is 2.05 bits per heavy atom. The van der Waals surface area contributed by atoms with E-state index in [1.807, 2.05) is 6.92 Å². The van der Waals surface area contributed by atoms with Crippen molar-refractivity contribution in [2.75, 3.05) is 32.9 Å². The van der Waals surface area contributed by atoms with Crippen molar-refractivity contribution in [1.29, 1.82) is 0 Å². The fourth-order valence-electron chi connectivity index (χ4n) is 2.74. The van der Waals surface area contributed by atoms with E-state index in [-0.39, 0.29) is 18.3 Å². The molecule has 0 bridgehead atoms. The first-order chi connectivity index (χ1) is 9.31. The van der Waals surface area contributed by atoms with Crippen molar-refractivity contribution in [3.8, 4) is 0 Å². The summed E-state index contributed by atoms with van der Waals surface area (Å²) < 4.78 is 16.3. The number of esters is 1. The summed E-state index contributed by atoms with van der Waals surface area (Å²) in [6.45, 7) is 5.69. The molecule has 1 unspecified atom stereocenters. The number of ether oxygens (including phenoxy) is 3.